The first-order valence-corrected chi connectivity index (χ1v) is 8.63. The second kappa shape index (κ2) is 8.56. The zero-order chi connectivity index (χ0) is 18.4. The Bertz CT molecular complexity index is 708. The summed E-state index contributed by atoms with van der Waals surface area (Å²) in [5, 5.41) is 2.87. The molecule has 0 saturated heterocycles. The van der Waals surface area contributed by atoms with E-state index < -0.39 is 6.10 Å². The van der Waals surface area contributed by atoms with E-state index in [1.54, 1.807) is 6.92 Å². The molecule has 1 atom stereocenters. The van der Waals surface area contributed by atoms with Crippen molar-refractivity contribution < 1.29 is 14.3 Å². The fourth-order valence-electron chi connectivity index (χ4n) is 2.22. The van der Waals surface area contributed by atoms with E-state index in [2.05, 4.69) is 19.2 Å². The molecule has 2 aromatic rings. The van der Waals surface area contributed by atoms with E-state index in [1.807, 2.05) is 56.3 Å². The molecule has 0 saturated carbocycles. The third kappa shape index (κ3) is 5.82. The van der Waals surface area contributed by atoms with E-state index in [-0.39, 0.29) is 5.91 Å². The van der Waals surface area contributed by atoms with Crippen molar-refractivity contribution in [3.63, 3.8) is 0 Å². The van der Waals surface area contributed by atoms with Crippen LogP contribution in [0.3, 0.4) is 0 Å². The fourth-order valence-corrected chi connectivity index (χ4v) is 2.22. The van der Waals surface area contributed by atoms with Gasteiger partial charge in [0.2, 0.25) is 0 Å². The van der Waals surface area contributed by atoms with Gasteiger partial charge in [0, 0.05) is 5.69 Å². The Kier molecular flexibility index (Phi) is 6.45. The summed E-state index contributed by atoms with van der Waals surface area (Å²) in [6, 6.07) is 13.3. The van der Waals surface area contributed by atoms with Gasteiger partial charge in [-0.15, -0.1) is 0 Å². The second-order valence-corrected chi connectivity index (χ2v) is 6.75. The monoisotopic (exact) mass is 341 g/mol. The van der Waals surface area contributed by atoms with Gasteiger partial charge in [0.15, 0.2) is 6.10 Å². The van der Waals surface area contributed by atoms with Crippen LogP contribution in [-0.4, -0.2) is 18.6 Å². The zero-order valence-corrected chi connectivity index (χ0v) is 15.6. The molecule has 0 aliphatic carbocycles. The van der Waals surface area contributed by atoms with Gasteiger partial charge in [0.1, 0.15) is 11.5 Å². The Labute approximate surface area is 150 Å². The van der Waals surface area contributed by atoms with Crippen LogP contribution in [0.5, 0.6) is 11.5 Å². The van der Waals surface area contributed by atoms with Crippen LogP contribution in [0, 0.1) is 19.8 Å². The number of hydrogen-bond acceptors (Lipinski definition) is 3. The van der Waals surface area contributed by atoms with Crippen LogP contribution >= 0.6 is 0 Å². The molecule has 1 N–H and O–H groups in total. The van der Waals surface area contributed by atoms with Crippen LogP contribution in [0.25, 0.3) is 0 Å². The van der Waals surface area contributed by atoms with Crippen molar-refractivity contribution in [1.82, 2.24) is 0 Å². The molecule has 0 unspecified atom stereocenters. The first-order valence-electron chi connectivity index (χ1n) is 8.63. The summed E-state index contributed by atoms with van der Waals surface area (Å²) in [6.07, 6.45) is -0.586. The molecular formula is C21H27NO3. The summed E-state index contributed by atoms with van der Waals surface area (Å²) >= 11 is 0. The normalized spacial score (nSPS) is 11.9. The molecular weight excluding hydrogens is 314 g/mol. The van der Waals surface area contributed by atoms with Crippen LogP contribution in [0.4, 0.5) is 5.69 Å². The largest absolute Gasteiger partial charge is 0.493 e. The van der Waals surface area contributed by atoms with Crippen LogP contribution < -0.4 is 14.8 Å². The topological polar surface area (TPSA) is 47.6 Å². The van der Waals surface area contributed by atoms with Crippen molar-refractivity contribution in [3.8, 4) is 11.5 Å². The predicted molar refractivity (Wildman–Crippen MR) is 101 cm³/mol. The van der Waals surface area contributed by atoms with Gasteiger partial charge in [-0.1, -0.05) is 26.0 Å². The van der Waals surface area contributed by atoms with E-state index in [9.17, 15) is 4.79 Å². The average Bonchev–Trinajstić information content (AvgIpc) is 2.57. The molecule has 2 rings (SSSR count). The van der Waals surface area contributed by atoms with Gasteiger partial charge >= 0.3 is 0 Å². The summed E-state index contributed by atoms with van der Waals surface area (Å²) in [4.78, 5) is 12.3. The number of aryl methyl sites for hydroxylation is 2. The number of carbonyl (C=O) groups is 1. The van der Waals surface area contributed by atoms with E-state index in [0.29, 0.717) is 12.5 Å². The smallest absolute Gasteiger partial charge is 0.265 e. The number of rotatable bonds is 7. The average molecular weight is 341 g/mol. The fraction of sp³-hybridized carbons (Fsp3) is 0.381. The van der Waals surface area contributed by atoms with Gasteiger partial charge in [-0.25, -0.2) is 0 Å². The number of benzene rings is 2. The lowest BCUT2D eigenvalue weighted by atomic mass is 10.1. The van der Waals surface area contributed by atoms with Crippen LogP contribution in [0.2, 0.25) is 0 Å². The van der Waals surface area contributed by atoms with Gasteiger partial charge in [-0.05, 0) is 68.1 Å². The minimum absolute atomic E-state index is 0.184. The molecule has 0 aliphatic heterocycles. The van der Waals surface area contributed by atoms with Crippen molar-refractivity contribution in [3.05, 3.63) is 53.6 Å². The van der Waals surface area contributed by atoms with Crippen molar-refractivity contribution in [2.45, 2.75) is 40.7 Å². The van der Waals surface area contributed by atoms with E-state index >= 15 is 0 Å². The Morgan fingerprint density at radius 1 is 1.04 bits per heavy atom. The molecule has 0 spiro atoms. The maximum absolute atomic E-state index is 12.3. The van der Waals surface area contributed by atoms with E-state index in [4.69, 9.17) is 9.47 Å². The molecule has 0 heterocycles. The molecule has 1 amide bonds. The highest BCUT2D eigenvalue weighted by atomic mass is 16.5. The van der Waals surface area contributed by atoms with Crippen molar-refractivity contribution >= 4 is 11.6 Å². The van der Waals surface area contributed by atoms with E-state index in [1.165, 1.54) is 0 Å². The molecule has 0 fully saturated rings. The molecule has 4 nitrogen and oxygen atoms in total. The Hall–Kier alpha value is -2.49. The maximum atomic E-state index is 12.3. The van der Waals surface area contributed by atoms with Gasteiger partial charge < -0.3 is 14.8 Å². The third-order valence-corrected chi connectivity index (χ3v) is 3.72. The first-order chi connectivity index (χ1) is 11.8. The lowest BCUT2D eigenvalue weighted by molar-refractivity contribution is -0.122. The Balaban J connectivity index is 1.93. The summed E-state index contributed by atoms with van der Waals surface area (Å²) in [6.45, 7) is 10.6. The van der Waals surface area contributed by atoms with Crippen LogP contribution in [0.15, 0.2) is 42.5 Å². The molecule has 0 aromatic heterocycles. The molecule has 134 valence electrons. The highest BCUT2D eigenvalue weighted by molar-refractivity contribution is 5.94. The number of hydrogen-bond donors (Lipinski definition) is 1. The minimum atomic E-state index is -0.586. The molecule has 25 heavy (non-hydrogen) atoms. The van der Waals surface area contributed by atoms with Crippen molar-refractivity contribution in [1.29, 1.82) is 0 Å². The van der Waals surface area contributed by atoms with Crippen LogP contribution in [0.1, 0.15) is 31.9 Å². The number of anilines is 1. The molecule has 0 bridgehead atoms. The Morgan fingerprint density at radius 3 is 2.36 bits per heavy atom. The lowest BCUT2D eigenvalue weighted by Crippen LogP contribution is -2.30. The quantitative estimate of drug-likeness (QED) is 0.791. The standard InChI is InChI=1S/C21H27NO3/c1-14(2)13-24-19-10-8-18(9-11-19)22-21(23)17(5)25-20-12-15(3)6-7-16(20)4/h6-12,14,17H,13H2,1-5H3,(H,22,23)/t17-/m0/s1. The number of carbonyl (C=O) groups excluding carboxylic acids is 1. The highest BCUT2D eigenvalue weighted by Crippen LogP contribution is 2.21. The molecule has 0 radical (unpaired) electrons. The maximum Gasteiger partial charge on any atom is 0.265 e. The summed E-state index contributed by atoms with van der Waals surface area (Å²) < 4.78 is 11.5. The van der Waals surface area contributed by atoms with Gasteiger partial charge in [-0.3, -0.25) is 4.79 Å². The SMILES string of the molecule is Cc1ccc(C)c(O[C@@H](C)C(=O)Nc2ccc(OCC(C)C)cc2)c1. The van der Waals surface area contributed by atoms with E-state index in [0.717, 1.165) is 28.3 Å². The number of ether oxygens (including phenoxy) is 2. The zero-order valence-electron chi connectivity index (χ0n) is 15.6. The summed E-state index contributed by atoms with van der Waals surface area (Å²) in [5.74, 6) is 1.82. The lowest BCUT2D eigenvalue weighted by Gasteiger charge is -2.17. The first kappa shape index (κ1) is 18.8. The molecule has 0 aliphatic rings. The number of nitrogens with one attached hydrogen (secondary N) is 1. The van der Waals surface area contributed by atoms with Crippen molar-refractivity contribution in [2.75, 3.05) is 11.9 Å². The minimum Gasteiger partial charge on any atom is -0.493 e. The third-order valence-electron chi connectivity index (χ3n) is 3.72. The van der Waals surface area contributed by atoms with Gasteiger partial charge in [0.05, 0.1) is 6.61 Å². The Morgan fingerprint density at radius 2 is 1.72 bits per heavy atom. The highest BCUT2D eigenvalue weighted by Gasteiger charge is 2.16. The number of amides is 1. The van der Waals surface area contributed by atoms with Gasteiger partial charge in [0.25, 0.3) is 5.91 Å². The predicted octanol–water partition coefficient (Wildman–Crippen LogP) is 4.74. The second-order valence-electron chi connectivity index (χ2n) is 6.75. The van der Waals surface area contributed by atoms with Gasteiger partial charge in [-0.2, -0.15) is 0 Å². The summed E-state index contributed by atoms with van der Waals surface area (Å²) in [5.41, 5.74) is 2.83. The molecule has 2 aromatic carbocycles. The van der Waals surface area contributed by atoms with Crippen LogP contribution in [-0.2, 0) is 4.79 Å². The molecule has 4 heteroatoms. The summed E-state index contributed by atoms with van der Waals surface area (Å²) in [7, 11) is 0. The van der Waals surface area contributed by atoms with Crippen molar-refractivity contribution in [2.24, 2.45) is 5.92 Å².